The fourth-order valence-electron chi connectivity index (χ4n) is 6.20. The maximum atomic E-state index is 13.1. The predicted molar refractivity (Wildman–Crippen MR) is 126 cm³/mol. The molecule has 0 N–H and O–H groups in total. The van der Waals surface area contributed by atoms with Crippen molar-refractivity contribution < 1.29 is 10.6 Å². The van der Waals surface area contributed by atoms with Gasteiger partial charge in [-0.25, -0.2) is 4.39 Å². The predicted octanol–water partition coefficient (Wildman–Crippen LogP) is 4.73. The fourth-order valence-corrected chi connectivity index (χ4v) is 6.20. The van der Waals surface area contributed by atoms with E-state index in [1.54, 1.807) is 12.1 Å². The van der Waals surface area contributed by atoms with Gasteiger partial charge < -0.3 is 14.7 Å². The largest absolute Gasteiger partial charge is 0.371 e. The number of para-hydroxylation sites is 1. The summed E-state index contributed by atoms with van der Waals surface area (Å²) in [6.45, 7) is 7.63. The van der Waals surface area contributed by atoms with E-state index >= 15 is 0 Å². The van der Waals surface area contributed by atoms with E-state index in [1.165, 1.54) is 35.5 Å². The number of benzene rings is 2. The number of halogens is 1. The number of likely N-dealkylation sites (N-methyl/N-ethyl adjacent to an activating group) is 1. The van der Waals surface area contributed by atoms with Crippen LogP contribution in [-0.4, -0.2) is 56.5 Å². The van der Waals surface area contributed by atoms with Crippen LogP contribution in [-0.2, 0) is 5.41 Å². The maximum absolute atomic E-state index is 13.1. The minimum absolute atomic E-state index is 0. The van der Waals surface area contributed by atoms with E-state index in [0.717, 1.165) is 45.6 Å². The molecule has 4 nitrogen and oxygen atoms in total. The summed E-state index contributed by atoms with van der Waals surface area (Å²) < 4.78 is 13.1. The molecule has 0 aliphatic carbocycles. The lowest BCUT2D eigenvalue weighted by molar-refractivity contribution is 0.0956. The lowest BCUT2D eigenvalue weighted by Gasteiger charge is -2.48. The Morgan fingerprint density at radius 1 is 1.16 bits per heavy atom. The summed E-state index contributed by atoms with van der Waals surface area (Å²) in [4.78, 5) is 20.1. The van der Waals surface area contributed by atoms with Crippen molar-refractivity contribution in [2.24, 2.45) is 0 Å². The van der Waals surface area contributed by atoms with Crippen molar-refractivity contribution >= 4 is 17.2 Å². The normalized spacial score (nSPS) is 24.8. The van der Waals surface area contributed by atoms with Crippen LogP contribution in [0.25, 0.3) is 0 Å². The number of carbonyl (C=O) groups is 1. The third kappa shape index (κ3) is 3.34. The number of likely N-dealkylation sites (tertiary alicyclic amines) is 1. The Balaban J connectivity index is 0.00000245. The van der Waals surface area contributed by atoms with E-state index in [0.29, 0.717) is 18.0 Å². The summed E-state index contributed by atoms with van der Waals surface area (Å²) in [5, 5.41) is 0. The van der Waals surface area contributed by atoms with Crippen LogP contribution in [0.1, 0.15) is 50.0 Å². The molecule has 31 heavy (non-hydrogen) atoms. The van der Waals surface area contributed by atoms with Gasteiger partial charge in [-0.3, -0.25) is 4.79 Å². The van der Waals surface area contributed by atoms with Crippen LogP contribution < -0.4 is 9.80 Å². The maximum Gasteiger partial charge on any atom is 0.162 e. The van der Waals surface area contributed by atoms with Crippen molar-refractivity contribution in [2.75, 3.05) is 49.6 Å². The summed E-state index contributed by atoms with van der Waals surface area (Å²) in [6.07, 6.45) is 3.68. The average molecular weight is 424 g/mol. The molecule has 2 unspecified atom stereocenters. The van der Waals surface area contributed by atoms with Gasteiger partial charge >= 0.3 is 0 Å². The average Bonchev–Trinajstić information content (AvgIpc) is 3.07. The lowest BCUT2D eigenvalue weighted by atomic mass is 9.70. The molecule has 166 valence electrons. The summed E-state index contributed by atoms with van der Waals surface area (Å²) in [5.74, 6) is -0.190. The van der Waals surface area contributed by atoms with E-state index in [1.807, 2.05) is 0 Å². The highest BCUT2D eigenvalue weighted by molar-refractivity contribution is 5.96. The molecule has 1 saturated heterocycles. The van der Waals surface area contributed by atoms with Gasteiger partial charge in [0.1, 0.15) is 5.82 Å². The van der Waals surface area contributed by atoms with Gasteiger partial charge in [-0.05, 0) is 61.7 Å². The van der Waals surface area contributed by atoms with Crippen molar-refractivity contribution in [3.05, 3.63) is 59.4 Å². The summed E-state index contributed by atoms with van der Waals surface area (Å²) in [5.41, 5.74) is 5.16. The number of hydrogen-bond donors (Lipinski definition) is 0. The third-order valence-electron chi connectivity index (χ3n) is 7.84. The molecule has 3 aliphatic rings. The first-order valence-corrected chi connectivity index (χ1v) is 11.7. The van der Waals surface area contributed by atoms with Crippen molar-refractivity contribution in [2.45, 2.75) is 44.1 Å². The second-order valence-electron chi connectivity index (χ2n) is 9.41. The molecule has 0 radical (unpaired) electrons. The number of nitrogens with zero attached hydrogens (tertiary/aromatic N) is 3. The topological polar surface area (TPSA) is 26.8 Å². The molecule has 0 bridgehead atoms. The van der Waals surface area contributed by atoms with Gasteiger partial charge in [-0.15, -0.1) is 0 Å². The first-order chi connectivity index (χ1) is 15.0. The van der Waals surface area contributed by atoms with Crippen LogP contribution in [0.4, 0.5) is 15.8 Å². The number of carbonyl (C=O) groups excluding carboxylic acids is 1. The Kier molecular flexibility index (Phi) is 5.25. The number of ketones is 1. The number of rotatable bonds is 6. The molecule has 0 spiro atoms. The first-order valence-electron chi connectivity index (χ1n) is 11.7. The highest BCUT2D eigenvalue weighted by Crippen LogP contribution is 2.55. The van der Waals surface area contributed by atoms with Crippen LogP contribution >= 0.6 is 0 Å². The zero-order valence-corrected chi connectivity index (χ0v) is 18.6. The quantitative estimate of drug-likeness (QED) is 0.628. The molecular formula is C26H34FN3O. The van der Waals surface area contributed by atoms with Crippen molar-refractivity contribution in [1.29, 1.82) is 0 Å². The van der Waals surface area contributed by atoms with Gasteiger partial charge in [0.15, 0.2) is 5.78 Å². The van der Waals surface area contributed by atoms with Gasteiger partial charge in [0, 0.05) is 58.1 Å². The minimum Gasteiger partial charge on any atom is -0.371 e. The molecule has 0 saturated carbocycles. The number of fused-ring (bicyclic) bond motifs is 3. The van der Waals surface area contributed by atoms with Crippen LogP contribution in [0.15, 0.2) is 42.5 Å². The van der Waals surface area contributed by atoms with Gasteiger partial charge in [-0.1, -0.05) is 19.1 Å². The summed E-state index contributed by atoms with van der Waals surface area (Å²) in [6, 6.07) is 13.4. The Morgan fingerprint density at radius 2 is 1.97 bits per heavy atom. The van der Waals surface area contributed by atoms with Crippen molar-refractivity contribution in [3.8, 4) is 0 Å². The molecule has 3 heterocycles. The van der Waals surface area contributed by atoms with Gasteiger partial charge in [0.05, 0.1) is 11.4 Å². The zero-order chi connectivity index (χ0) is 21.6. The van der Waals surface area contributed by atoms with E-state index in [-0.39, 0.29) is 18.4 Å². The van der Waals surface area contributed by atoms with Crippen LogP contribution in [0.2, 0.25) is 0 Å². The second kappa shape index (κ2) is 7.94. The fraction of sp³-hybridized carbons (Fsp3) is 0.500. The molecule has 1 fully saturated rings. The molecule has 0 amide bonds. The van der Waals surface area contributed by atoms with E-state index in [2.05, 4.69) is 46.9 Å². The SMILES string of the molecule is CCC12CN(CCCC(=O)c3ccc(F)cc3)CCC1N1CCN(C)c3cccc2c31.[HH]. The minimum atomic E-state index is -0.298. The second-order valence-corrected chi connectivity index (χ2v) is 9.41. The van der Waals surface area contributed by atoms with Gasteiger partial charge in [-0.2, -0.15) is 0 Å². The number of piperidine rings is 1. The molecule has 2 aromatic carbocycles. The van der Waals surface area contributed by atoms with Crippen LogP contribution in [0.3, 0.4) is 0 Å². The molecule has 2 aromatic rings. The monoisotopic (exact) mass is 423 g/mol. The Hall–Kier alpha value is -2.40. The van der Waals surface area contributed by atoms with E-state index in [9.17, 15) is 9.18 Å². The van der Waals surface area contributed by atoms with E-state index in [4.69, 9.17) is 0 Å². The standard InChI is InChI=1S/C26H32FN3O.H2/c1-3-26-18-29(14-5-8-23(31)19-9-11-20(27)12-10-19)15-13-24(26)30-17-16-28(2)22-7-4-6-21(26)25(22)30;/h4,6-7,9-12,24H,3,5,8,13-18H2,1-2H3;1H. The Morgan fingerprint density at radius 3 is 2.74 bits per heavy atom. The van der Waals surface area contributed by atoms with Crippen LogP contribution in [0, 0.1) is 5.82 Å². The van der Waals surface area contributed by atoms with Gasteiger partial charge in [0.25, 0.3) is 0 Å². The number of anilines is 2. The Labute approximate surface area is 186 Å². The summed E-state index contributed by atoms with van der Waals surface area (Å²) in [7, 11) is 2.21. The van der Waals surface area contributed by atoms with Crippen molar-refractivity contribution in [1.82, 2.24) is 4.90 Å². The van der Waals surface area contributed by atoms with E-state index < -0.39 is 0 Å². The number of hydrogen-bond acceptors (Lipinski definition) is 4. The Bertz CT molecular complexity index is 982. The molecule has 3 aliphatic heterocycles. The van der Waals surface area contributed by atoms with Crippen LogP contribution in [0.5, 0.6) is 0 Å². The first kappa shape index (κ1) is 20.5. The highest BCUT2D eigenvalue weighted by Gasteiger charge is 2.53. The lowest BCUT2D eigenvalue weighted by Crippen LogP contribution is -2.57. The number of Topliss-reactive ketones (excluding diaryl/α,β-unsaturated/α-hetero) is 1. The molecule has 2 atom stereocenters. The molecule has 5 heteroatoms. The molecule has 0 aromatic heterocycles. The highest BCUT2D eigenvalue weighted by atomic mass is 19.1. The zero-order valence-electron chi connectivity index (χ0n) is 18.6. The smallest absolute Gasteiger partial charge is 0.162 e. The third-order valence-corrected chi connectivity index (χ3v) is 7.84. The van der Waals surface area contributed by atoms with Gasteiger partial charge in [0.2, 0.25) is 0 Å². The van der Waals surface area contributed by atoms with Crippen molar-refractivity contribution in [3.63, 3.8) is 0 Å². The molecular weight excluding hydrogens is 389 g/mol. The summed E-state index contributed by atoms with van der Waals surface area (Å²) >= 11 is 0. The molecule has 5 rings (SSSR count).